The fraction of sp³-hybridized carbons (Fsp3) is 0.263. The zero-order valence-corrected chi connectivity index (χ0v) is 16.0. The van der Waals surface area contributed by atoms with Gasteiger partial charge < -0.3 is 14.4 Å². The van der Waals surface area contributed by atoms with E-state index in [9.17, 15) is 0 Å². The van der Waals surface area contributed by atoms with Gasteiger partial charge in [-0.25, -0.2) is 4.98 Å². The van der Waals surface area contributed by atoms with Crippen molar-refractivity contribution in [2.24, 2.45) is 0 Å². The lowest BCUT2D eigenvalue weighted by molar-refractivity contribution is 0.367. The van der Waals surface area contributed by atoms with Crippen LogP contribution < -0.4 is 5.32 Å². The van der Waals surface area contributed by atoms with Crippen LogP contribution in [0.1, 0.15) is 23.0 Å². The fourth-order valence-corrected chi connectivity index (χ4v) is 3.32. The molecule has 0 fully saturated rings. The summed E-state index contributed by atoms with van der Waals surface area (Å²) in [6.45, 7) is 3.12. The second-order valence-corrected chi connectivity index (χ2v) is 6.57. The first-order valence-electron chi connectivity index (χ1n) is 8.99. The van der Waals surface area contributed by atoms with Crippen molar-refractivity contribution in [3.63, 3.8) is 0 Å². The Hall–Kier alpha value is -2.97. The van der Waals surface area contributed by atoms with Gasteiger partial charge in [0.25, 0.3) is 0 Å². The van der Waals surface area contributed by atoms with Gasteiger partial charge in [0, 0.05) is 31.9 Å². The molecule has 4 heterocycles. The molecular formula is C19H20ClN7O. The summed E-state index contributed by atoms with van der Waals surface area (Å²) >= 11 is 0. The first-order chi connectivity index (χ1) is 13.3. The minimum Gasteiger partial charge on any atom is -0.337 e. The fourth-order valence-electron chi connectivity index (χ4n) is 3.32. The van der Waals surface area contributed by atoms with Gasteiger partial charge in [-0.05, 0) is 11.6 Å². The number of nitrogens with zero attached hydrogens (tertiary/aromatic N) is 6. The summed E-state index contributed by atoms with van der Waals surface area (Å²) in [6, 6.07) is 12.2. The molecule has 3 aromatic heterocycles. The maximum absolute atomic E-state index is 5.44. The third-order valence-electron chi connectivity index (χ3n) is 4.64. The second-order valence-electron chi connectivity index (χ2n) is 6.57. The van der Waals surface area contributed by atoms with Gasteiger partial charge in [-0.1, -0.05) is 35.5 Å². The summed E-state index contributed by atoms with van der Waals surface area (Å²) in [7, 11) is 0. The van der Waals surface area contributed by atoms with Crippen molar-refractivity contribution in [3.8, 4) is 11.5 Å². The number of imidazole rings is 1. The highest BCUT2D eigenvalue weighted by Crippen LogP contribution is 2.20. The van der Waals surface area contributed by atoms with Gasteiger partial charge in [0.2, 0.25) is 5.89 Å². The molecule has 0 radical (unpaired) electrons. The molecule has 9 heteroatoms. The molecule has 1 aliphatic rings. The van der Waals surface area contributed by atoms with Crippen LogP contribution >= 0.6 is 12.4 Å². The molecule has 0 unspecified atom stereocenters. The van der Waals surface area contributed by atoms with Gasteiger partial charge >= 0.3 is 0 Å². The summed E-state index contributed by atoms with van der Waals surface area (Å²) in [5.74, 6) is 2.05. The topological polar surface area (TPSA) is 86.6 Å². The van der Waals surface area contributed by atoms with Crippen molar-refractivity contribution in [2.75, 3.05) is 6.54 Å². The number of hydrogen-bond donors (Lipinski definition) is 1. The molecule has 1 N–H and O–H groups in total. The average molecular weight is 398 g/mol. The van der Waals surface area contributed by atoms with Crippen LogP contribution in [0.25, 0.3) is 11.5 Å². The van der Waals surface area contributed by atoms with Crippen LogP contribution in [-0.2, 0) is 26.1 Å². The monoisotopic (exact) mass is 397 g/mol. The molecular weight excluding hydrogens is 378 g/mol. The first kappa shape index (κ1) is 18.4. The Morgan fingerprint density at radius 3 is 2.93 bits per heavy atom. The summed E-state index contributed by atoms with van der Waals surface area (Å²) < 4.78 is 9.46. The van der Waals surface area contributed by atoms with Gasteiger partial charge in [0.15, 0.2) is 11.6 Å². The van der Waals surface area contributed by atoms with Crippen LogP contribution in [0.5, 0.6) is 0 Å². The normalized spacial score (nSPS) is 13.1. The lowest BCUT2D eigenvalue weighted by Crippen LogP contribution is -2.28. The minimum atomic E-state index is 0. The standard InChI is InChI=1S/C19H19N7O.ClH/c1-2-4-14(5-3-1)10-17-22-18(27-24-17)13-25-8-7-21-19(25)16-11-15-12-20-6-9-26(15)23-16;/h1-5,7-8,11,20H,6,9-10,12-13H2;1H. The maximum Gasteiger partial charge on any atom is 0.246 e. The largest absolute Gasteiger partial charge is 0.337 e. The quantitative estimate of drug-likeness (QED) is 0.556. The predicted octanol–water partition coefficient (Wildman–Crippen LogP) is 2.29. The summed E-state index contributed by atoms with van der Waals surface area (Å²) in [6.07, 6.45) is 4.34. The second kappa shape index (κ2) is 7.95. The minimum absolute atomic E-state index is 0. The summed E-state index contributed by atoms with van der Waals surface area (Å²) in [4.78, 5) is 9.00. The number of nitrogens with one attached hydrogen (secondary N) is 1. The molecule has 144 valence electrons. The van der Waals surface area contributed by atoms with E-state index >= 15 is 0 Å². The van der Waals surface area contributed by atoms with E-state index < -0.39 is 0 Å². The third-order valence-corrected chi connectivity index (χ3v) is 4.64. The van der Waals surface area contributed by atoms with E-state index in [4.69, 9.17) is 4.52 Å². The molecule has 8 nitrogen and oxygen atoms in total. The van der Waals surface area contributed by atoms with Crippen molar-refractivity contribution in [3.05, 3.63) is 71.8 Å². The molecule has 5 rings (SSSR count). The van der Waals surface area contributed by atoms with Crippen molar-refractivity contribution in [2.45, 2.75) is 26.1 Å². The van der Waals surface area contributed by atoms with Gasteiger partial charge in [-0.2, -0.15) is 10.1 Å². The van der Waals surface area contributed by atoms with Crippen molar-refractivity contribution >= 4 is 12.4 Å². The Balaban J connectivity index is 0.00000192. The van der Waals surface area contributed by atoms with Gasteiger partial charge in [-0.3, -0.25) is 4.68 Å². The molecule has 0 atom stereocenters. The number of hydrogen-bond acceptors (Lipinski definition) is 6. The van der Waals surface area contributed by atoms with E-state index in [0.29, 0.717) is 24.7 Å². The molecule has 28 heavy (non-hydrogen) atoms. The summed E-state index contributed by atoms with van der Waals surface area (Å²) in [5, 5.41) is 12.1. The zero-order valence-electron chi connectivity index (χ0n) is 15.2. The highest BCUT2D eigenvalue weighted by Gasteiger charge is 2.17. The Morgan fingerprint density at radius 2 is 2.07 bits per heavy atom. The van der Waals surface area contributed by atoms with E-state index in [2.05, 4.69) is 43.7 Å². The van der Waals surface area contributed by atoms with E-state index in [0.717, 1.165) is 36.7 Å². The Morgan fingerprint density at radius 1 is 1.18 bits per heavy atom. The van der Waals surface area contributed by atoms with Crippen LogP contribution in [0.2, 0.25) is 0 Å². The van der Waals surface area contributed by atoms with E-state index in [1.54, 1.807) is 6.20 Å². The zero-order chi connectivity index (χ0) is 18.1. The SMILES string of the molecule is Cl.c1ccc(Cc2noc(Cn3ccnc3-c3cc4n(n3)CCNC4)n2)cc1. The first-order valence-corrected chi connectivity index (χ1v) is 8.99. The van der Waals surface area contributed by atoms with Crippen molar-refractivity contribution in [1.82, 2.24) is 34.8 Å². The highest BCUT2D eigenvalue weighted by molar-refractivity contribution is 5.85. The molecule has 1 aliphatic heterocycles. The van der Waals surface area contributed by atoms with Crippen molar-refractivity contribution < 1.29 is 4.52 Å². The molecule has 0 bridgehead atoms. The van der Waals surface area contributed by atoms with E-state index in [1.165, 1.54) is 5.69 Å². The number of benzene rings is 1. The van der Waals surface area contributed by atoms with Crippen LogP contribution in [0.4, 0.5) is 0 Å². The predicted molar refractivity (Wildman–Crippen MR) is 105 cm³/mol. The smallest absolute Gasteiger partial charge is 0.246 e. The molecule has 1 aromatic carbocycles. The van der Waals surface area contributed by atoms with Gasteiger partial charge in [0.1, 0.15) is 12.2 Å². The number of aromatic nitrogens is 6. The molecule has 0 aliphatic carbocycles. The van der Waals surface area contributed by atoms with Gasteiger partial charge in [0.05, 0.1) is 12.2 Å². The van der Waals surface area contributed by atoms with Crippen molar-refractivity contribution in [1.29, 1.82) is 0 Å². The van der Waals surface area contributed by atoms with Crippen LogP contribution in [0.15, 0.2) is 53.3 Å². The lowest BCUT2D eigenvalue weighted by atomic mass is 10.1. The molecule has 0 amide bonds. The number of halogens is 1. The van der Waals surface area contributed by atoms with Crippen LogP contribution in [-0.4, -0.2) is 36.0 Å². The average Bonchev–Trinajstić information content (AvgIpc) is 3.42. The van der Waals surface area contributed by atoms with E-state index in [-0.39, 0.29) is 12.4 Å². The lowest BCUT2D eigenvalue weighted by Gasteiger charge is -2.13. The van der Waals surface area contributed by atoms with E-state index in [1.807, 2.05) is 33.6 Å². The Labute approximate surface area is 168 Å². The van der Waals surface area contributed by atoms with Gasteiger partial charge in [-0.15, -0.1) is 12.4 Å². The molecule has 0 spiro atoms. The van der Waals surface area contributed by atoms with Crippen LogP contribution in [0, 0.1) is 0 Å². The Kier molecular flexibility index (Phi) is 5.23. The Bertz CT molecular complexity index is 1030. The third kappa shape index (κ3) is 3.69. The maximum atomic E-state index is 5.44. The molecule has 4 aromatic rings. The van der Waals surface area contributed by atoms with Crippen LogP contribution in [0.3, 0.4) is 0 Å². The molecule has 0 saturated heterocycles. The number of rotatable bonds is 5. The highest BCUT2D eigenvalue weighted by atomic mass is 35.5. The summed E-state index contributed by atoms with van der Waals surface area (Å²) in [5.41, 5.74) is 3.20. The molecule has 0 saturated carbocycles. The number of fused-ring (bicyclic) bond motifs is 1.